The lowest BCUT2D eigenvalue weighted by molar-refractivity contribution is 0.395. The molecule has 0 amide bonds. The molecular weight excluding hydrogens is 178 g/mol. The highest BCUT2D eigenvalue weighted by atomic mass is 16.5. The highest BCUT2D eigenvalue weighted by Gasteiger charge is 2.12. The Morgan fingerprint density at radius 2 is 1.64 bits per heavy atom. The third kappa shape index (κ3) is 1.92. The van der Waals surface area contributed by atoms with Crippen LogP contribution in [0.15, 0.2) is 18.2 Å². The van der Waals surface area contributed by atoms with Crippen molar-refractivity contribution in [2.75, 3.05) is 32.7 Å². The van der Waals surface area contributed by atoms with Crippen molar-refractivity contribution in [1.82, 2.24) is 0 Å². The predicted octanol–water partition coefficient (Wildman–Crippen LogP) is 2.16. The molecule has 0 heterocycles. The number of para-hydroxylation sites is 1. The summed E-state index contributed by atoms with van der Waals surface area (Å²) in [6, 6.07) is 5.79. The van der Waals surface area contributed by atoms with Crippen LogP contribution in [0.4, 0.5) is 5.69 Å². The fourth-order valence-electron chi connectivity index (χ4n) is 1.37. The van der Waals surface area contributed by atoms with Crippen LogP contribution in [0, 0.1) is 0 Å². The van der Waals surface area contributed by atoms with Crippen LogP contribution in [0.5, 0.6) is 11.5 Å². The number of rotatable bonds is 4. The molecule has 0 fully saturated rings. The van der Waals surface area contributed by atoms with E-state index >= 15 is 0 Å². The molecule has 0 N–H and O–H groups in total. The Morgan fingerprint density at radius 3 is 2.00 bits per heavy atom. The Labute approximate surface area is 85.2 Å². The largest absolute Gasteiger partial charge is 0.494 e. The summed E-state index contributed by atoms with van der Waals surface area (Å²) in [5.74, 6) is 1.68. The van der Waals surface area contributed by atoms with Crippen LogP contribution in [0.2, 0.25) is 0 Å². The Bertz CT molecular complexity index is 277. The predicted molar refractivity (Wildman–Crippen MR) is 58.5 cm³/mol. The topological polar surface area (TPSA) is 21.7 Å². The molecule has 0 aliphatic rings. The summed E-state index contributed by atoms with van der Waals surface area (Å²) in [4.78, 5) is 2.09. The number of ether oxygens (including phenoxy) is 2. The second-order valence-corrected chi connectivity index (χ2v) is 3.03. The average molecular weight is 195 g/mol. The monoisotopic (exact) mass is 195 g/mol. The van der Waals surface area contributed by atoms with Crippen molar-refractivity contribution < 1.29 is 9.47 Å². The highest BCUT2D eigenvalue weighted by Crippen LogP contribution is 2.36. The number of methoxy groups -OCH3 is 2. The number of anilines is 1. The number of nitrogens with zero attached hydrogens (tertiary/aromatic N) is 1. The molecule has 0 atom stereocenters. The standard InChI is InChI=1S/C11H17NO2/c1-5-12(2)11-9(13-3)7-6-8-10(11)14-4/h6-8H,5H2,1-4H3. The Hall–Kier alpha value is -1.38. The fourth-order valence-corrected chi connectivity index (χ4v) is 1.37. The van der Waals surface area contributed by atoms with Gasteiger partial charge < -0.3 is 14.4 Å². The molecular formula is C11H17NO2. The first kappa shape index (κ1) is 10.7. The van der Waals surface area contributed by atoms with Crippen LogP contribution in [0.25, 0.3) is 0 Å². The van der Waals surface area contributed by atoms with E-state index in [1.165, 1.54) is 0 Å². The van der Waals surface area contributed by atoms with E-state index in [1.54, 1.807) is 14.2 Å². The van der Waals surface area contributed by atoms with Crippen molar-refractivity contribution in [1.29, 1.82) is 0 Å². The van der Waals surface area contributed by atoms with Crippen molar-refractivity contribution >= 4 is 5.69 Å². The second kappa shape index (κ2) is 4.74. The van der Waals surface area contributed by atoms with Gasteiger partial charge in [-0.15, -0.1) is 0 Å². The van der Waals surface area contributed by atoms with E-state index in [4.69, 9.17) is 9.47 Å². The van der Waals surface area contributed by atoms with Gasteiger partial charge in [-0.25, -0.2) is 0 Å². The van der Waals surface area contributed by atoms with Crippen LogP contribution in [0.1, 0.15) is 6.92 Å². The molecule has 1 aromatic carbocycles. The first-order valence-electron chi connectivity index (χ1n) is 4.66. The highest BCUT2D eigenvalue weighted by molar-refractivity contribution is 5.67. The average Bonchev–Trinajstić information content (AvgIpc) is 2.26. The lowest BCUT2D eigenvalue weighted by Crippen LogP contribution is -2.17. The molecule has 0 unspecified atom stereocenters. The molecule has 14 heavy (non-hydrogen) atoms. The van der Waals surface area contributed by atoms with Gasteiger partial charge >= 0.3 is 0 Å². The third-order valence-corrected chi connectivity index (χ3v) is 2.26. The number of hydrogen-bond acceptors (Lipinski definition) is 3. The third-order valence-electron chi connectivity index (χ3n) is 2.26. The molecule has 0 aliphatic heterocycles. The molecule has 0 saturated heterocycles. The Balaban J connectivity index is 3.18. The quantitative estimate of drug-likeness (QED) is 0.735. The van der Waals surface area contributed by atoms with Gasteiger partial charge in [0.25, 0.3) is 0 Å². The van der Waals surface area contributed by atoms with E-state index in [2.05, 4.69) is 11.8 Å². The van der Waals surface area contributed by atoms with Crippen LogP contribution < -0.4 is 14.4 Å². The fraction of sp³-hybridized carbons (Fsp3) is 0.455. The zero-order chi connectivity index (χ0) is 10.6. The van der Waals surface area contributed by atoms with Gasteiger partial charge in [0.1, 0.15) is 17.2 Å². The van der Waals surface area contributed by atoms with Gasteiger partial charge in [-0.2, -0.15) is 0 Å². The van der Waals surface area contributed by atoms with Crippen LogP contribution in [-0.2, 0) is 0 Å². The molecule has 0 radical (unpaired) electrons. The lowest BCUT2D eigenvalue weighted by Gasteiger charge is -2.22. The molecule has 78 valence electrons. The molecule has 0 aliphatic carbocycles. The molecule has 0 saturated carbocycles. The van der Waals surface area contributed by atoms with E-state index in [-0.39, 0.29) is 0 Å². The smallest absolute Gasteiger partial charge is 0.145 e. The van der Waals surface area contributed by atoms with E-state index < -0.39 is 0 Å². The van der Waals surface area contributed by atoms with Crippen molar-refractivity contribution in [3.05, 3.63) is 18.2 Å². The van der Waals surface area contributed by atoms with Gasteiger partial charge in [0.15, 0.2) is 0 Å². The maximum atomic E-state index is 5.29. The van der Waals surface area contributed by atoms with Crippen LogP contribution in [0.3, 0.4) is 0 Å². The van der Waals surface area contributed by atoms with Crippen molar-refractivity contribution in [2.24, 2.45) is 0 Å². The van der Waals surface area contributed by atoms with E-state index in [0.717, 1.165) is 23.7 Å². The molecule has 0 aromatic heterocycles. The maximum absolute atomic E-state index is 5.29. The zero-order valence-corrected chi connectivity index (χ0v) is 9.20. The van der Waals surface area contributed by atoms with Crippen molar-refractivity contribution in [3.63, 3.8) is 0 Å². The maximum Gasteiger partial charge on any atom is 0.145 e. The summed E-state index contributed by atoms with van der Waals surface area (Å²) in [7, 11) is 5.35. The molecule has 1 aromatic rings. The molecule has 3 nitrogen and oxygen atoms in total. The summed E-state index contributed by atoms with van der Waals surface area (Å²) in [6.45, 7) is 3.00. The summed E-state index contributed by atoms with van der Waals surface area (Å²) in [5, 5.41) is 0. The van der Waals surface area contributed by atoms with Gasteiger partial charge in [0.2, 0.25) is 0 Å². The zero-order valence-electron chi connectivity index (χ0n) is 9.20. The van der Waals surface area contributed by atoms with Crippen LogP contribution in [-0.4, -0.2) is 27.8 Å². The summed E-state index contributed by atoms with van der Waals surface area (Å²) in [5.41, 5.74) is 1.00. The summed E-state index contributed by atoms with van der Waals surface area (Å²) in [6.07, 6.45) is 0. The molecule has 0 bridgehead atoms. The van der Waals surface area contributed by atoms with E-state index in [0.29, 0.717) is 0 Å². The first-order valence-corrected chi connectivity index (χ1v) is 4.66. The summed E-state index contributed by atoms with van der Waals surface area (Å²) < 4.78 is 10.6. The van der Waals surface area contributed by atoms with Crippen molar-refractivity contribution in [2.45, 2.75) is 6.92 Å². The number of benzene rings is 1. The summed E-state index contributed by atoms with van der Waals surface area (Å²) >= 11 is 0. The lowest BCUT2D eigenvalue weighted by atomic mass is 10.2. The van der Waals surface area contributed by atoms with E-state index in [9.17, 15) is 0 Å². The van der Waals surface area contributed by atoms with Gasteiger partial charge in [-0.05, 0) is 19.1 Å². The molecule has 1 rings (SSSR count). The Morgan fingerprint density at radius 1 is 1.14 bits per heavy atom. The Kier molecular flexibility index (Phi) is 3.63. The first-order chi connectivity index (χ1) is 6.74. The minimum Gasteiger partial charge on any atom is -0.494 e. The second-order valence-electron chi connectivity index (χ2n) is 3.03. The number of hydrogen-bond donors (Lipinski definition) is 0. The van der Waals surface area contributed by atoms with E-state index in [1.807, 2.05) is 25.2 Å². The SMILES string of the molecule is CCN(C)c1c(OC)cccc1OC. The van der Waals surface area contributed by atoms with Crippen molar-refractivity contribution in [3.8, 4) is 11.5 Å². The van der Waals surface area contributed by atoms with Gasteiger partial charge in [0.05, 0.1) is 14.2 Å². The minimum absolute atomic E-state index is 0.841. The van der Waals surface area contributed by atoms with Gasteiger partial charge in [-0.1, -0.05) is 6.07 Å². The molecule has 0 spiro atoms. The van der Waals surface area contributed by atoms with Crippen LogP contribution >= 0.6 is 0 Å². The normalized spacial score (nSPS) is 9.71. The minimum atomic E-state index is 0.841. The van der Waals surface area contributed by atoms with Gasteiger partial charge in [-0.3, -0.25) is 0 Å². The van der Waals surface area contributed by atoms with Gasteiger partial charge in [0, 0.05) is 13.6 Å². The molecule has 3 heteroatoms.